The standard InChI is InChI=1S/C27H41N3O5/c1-17-9-7-8-12-19(17)29-23(31)20-21-25(33)30(15-16-34-3)22(27(21)14-13-26(20,2)35-27)24(32)28-18-10-5-4-6-11-18/h13-14,17-22H,4-12,15-16H2,1-3H3,(H,28,32)(H,29,31)/t17-,19+,20+,21-,22-,26+,27-/m0/s1. The van der Waals surface area contributed by atoms with Crippen molar-refractivity contribution >= 4 is 17.7 Å². The van der Waals surface area contributed by atoms with Crippen LogP contribution in [0.3, 0.4) is 0 Å². The number of nitrogens with one attached hydrogen (secondary N) is 2. The van der Waals surface area contributed by atoms with Gasteiger partial charge in [0.25, 0.3) is 0 Å². The van der Waals surface area contributed by atoms with Crippen LogP contribution in [0, 0.1) is 17.8 Å². The van der Waals surface area contributed by atoms with Crippen molar-refractivity contribution < 1.29 is 23.9 Å². The van der Waals surface area contributed by atoms with Gasteiger partial charge in [-0.3, -0.25) is 14.4 Å². The second kappa shape index (κ2) is 9.51. The SMILES string of the molecule is COCCN1C(=O)[C@@H]2[C@H](C(=O)N[C@@H]3CCCC[C@@H]3C)[C@@]3(C)C=C[C@@]2(O3)[C@@H]1C(=O)NC1CCCCC1. The zero-order chi connectivity index (χ0) is 24.8. The molecule has 4 fully saturated rings. The number of carbonyl (C=O) groups excluding carboxylic acids is 3. The van der Waals surface area contributed by atoms with E-state index in [9.17, 15) is 14.4 Å². The van der Waals surface area contributed by atoms with Gasteiger partial charge < -0.3 is 25.0 Å². The van der Waals surface area contributed by atoms with Gasteiger partial charge in [-0.25, -0.2) is 0 Å². The zero-order valence-corrected chi connectivity index (χ0v) is 21.4. The number of nitrogens with zero attached hydrogens (tertiary/aromatic N) is 1. The number of amides is 3. The van der Waals surface area contributed by atoms with Gasteiger partial charge in [-0.05, 0) is 38.5 Å². The summed E-state index contributed by atoms with van der Waals surface area (Å²) in [6.45, 7) is 4.68. The van der Waals surface area contributed by atoms with Gasteiger partial charge in [0.1, 0.15) is 11.6 Å². The van der Waals surface area contributed by atoms with Gasteiger partial charge in [0.15, 0.2) is 0 Å². The molecular formula is C27H41N3O5. The van der Waals surface area contributed by atoms with Gasteiger partial charge in [0.05, 0.1) is 24.0 Å². The summed E-state index contributed by atoms with van der Waals surface area (Å²) in [6, 6.07) is -0.567. The molecule has 3 amide bonds. The van der Waals surface area contributed by atoms with Crippen LogP contribution in [-0.4, -0.2) is 72.2 Å². The van der Waals surface area contributed by atoms with Crippen LogP contribution >= 0.6 is 0 Å². The fraction of sp³-hybridized carbons (Fsp3) is 0.815. The van der Waals surface area contributed by atoms with Crippen molar-refractivity contribution in [3.05, 3.63) is 12.2 Å². The molecule has 3 aliphatic heterocycles. The van der Waals surface area contributed by atoms with E-state index in [0.717, 1.165) is 44.9 Å². The normalized spacial score (nSPS) is 40.7. The lowest BCUT2D eigenvalue weighted by atomic mass is 9.70. The molecule has 8 nitrogen and oxygen atoms in total. The van der Waals surface area contributed by atoms with Crippen molar-refractivity contribution in [3.8, 4) is 0 Å². The molecule has 2 saturated carbocycles. The van der Waals surface area contributed by atoms with Crippen LogP contribution in [0.25, 0.3) is 0 Å². The van der Waals surface area contributed by atoms with Crippen LogP contribution < -0.4 is 10.6 Å². The Morgan fingerprint density at radius 1 is 1.06 bits per heavy atom. The Morgan fingerprint density at radius 2 is 1.77 bits per heavy atom. The Bertz CT molecular complexity index is 886. The van der Waals surface area contributed by atoms with E-state index in [4.69, 9.17) is 9.47 Å². The zero-order valence-electron chi connectivity index (χ0n) is 21.4. The summed E-state index contributed by atoms with van der Waals surface area (Å²) in [5.41, 5.74) is -2.03. The van der Waals surface area contributed by atoms with Gasteiger partial charge in [-0.1, -0.05) is 51.2 Å². The number of methoxy groups -OCH3 is 1. The summed E-state index contributed by atoms with van der Waals surface area (Å²) in [5.74, 6) is -1.45. The Balaban J connectivity index is 1.43. The second-order valence-electron chi connectivity index (χ2n) is 11.6. The Hall–Kier alpha value is -1.93. The van der Waals surface area contributed by atoms with Gasteiger partial charge >= 0.3 is 0 Å². The van der Waals surface area contributed by atoms with Crippen LogP contribution in [-0.2, 0) is 23.9 Å². The van der Waals surface area contributed by atoms with E-state index in [-0.39, 0.29) is 36.3 Å². The fourth-order valence-electron chi connectivity index (χ4n) is 7.39. The minimum atomic E-state index is -1.13. The van der Waals surface area contributed by atoms with Gasteiger partial charge in [0, 0.05) is 25.7 Å². The summed E-state index contributed by atoms with van der Waals surface area (Å²) in [4.78, 5) is 43.0. The molecule has 2 bridgehead atoms. The molecule has 2 aliphatic carbocycles. The molecule has 1 spiro atoms. The average Bonchev–Trinajstić information content (AvgIpc) is 3.40. The van der Waals surface area contributed by atoms with Crippen molar-refractivity contribution in [1.82, 2.24) is 15.5 Å². The summed E-state index contributed by atoms with van der Waals surface area (Å²) in [6.07, 6.45) is 13.5. The van der Waals surface area contributed by atoms with E-state index in [0.29, 0.717) is 12.5 Å². The number of hydrogen-bond donors (Lipinski definition) is 2. The van der Waals surface area contributed by atoms with Crippen molar-refractivity contribution in [2.24, 2.45) is 17.8 Å². The highest BCUT2D eigenvalue weighted by Crippen LogP contribution is 2.59. The van der Waals surface area contributed by atoms with Crippen molar-refractivity contribution in [2.45, 2.75) is 101 Å². The minimum absolute atomic E-state index is 0.116. The number of carbonyl (C=O) groups is 3. The summed E-state index contributed by atoms with van der Waals surface area (Å²) in [5, 5.41) is 6.49. The minimum Gasteiger partial charge on any atom is -0.383 e. The lowest BCUT2D eigenvalue weighted by Crippen LogP contribution is -2.57. The molecule has 35 heavy (non-hydrogen) atoms. The highest BCUT2D eigenvalue weighted by molar-refractivity contribution is 6.00. The van der Waals surface area contributed by atoms with Gasteiger partial charge in [-0.2, -0.15) is 0 Å². The molecule has 0 aromatic heterocycles. The molecule has 8 heteroatoms. The number of hydrogen-bond acceptors (Lipinski definition) is 5. The Kier molecular flexibility index (Phi) is 6.72. The van der Waals surface area contributed by atoms with E-state index in [1.165, 1.54) is 12.8 Å². The van der Waals surface area contributed by atoms with E-state index in [2.05, 4.69) is 17.6 Å². The molecule has 7 atom stereocenters. The number of likely N-dealkylation sites (tertiary alicyclic amines) is 1. The molecule has 0 aromatic carbocycles. The maximum Gasteiger partial charge on any atom is 0.246 e. The van der Waals surface area contributed by atoms with Crippen LogP contribution in [0.2, 0.25) is 0 Å². The largest absolute Gasteiger partial charge is 0.383 e. The third-order valence-corrected chi connectivity index (χ3v) is 9.25. The molecule has 2 saturated heterocycles. The summed E-state index contributed by atoms with van der Waals surface area (Å²) >= 11 is 0. The molecule has 0 aromatic rings. The number of ether oxygens (including phenoxy) is 2. The molecule has 5 rings (SSSR count). The van der Waals surface area contributed by atoms with Gasteiger partial charge in [-0.15, -0.1) is 0 Å². The van der Waals surface area contributed by atoms with E-state index in [1.54, 1.807) is 12.0 Å². The topological polar surface area (TPSA) is 97.0 Å². The highest BCUT2D eigenvalue weighted by Gasteiger charge is 2.76. The number of rotatable bonds is 7. The monoisotopic (exact) mass is 487 g/mol. The lowest BCUT2D eigenvalue weighted by molar-refractivity contribution is -0.146. The molecule has 2 N–H and O–H groups in total. The maximum atomic E-state index is 13.9. The van der Waals surface area contributed by atoms with Crippen molar-refractivity contribution in [1.29, 1.82) is 0 Å². The first-order chi connectivity index (χ1) is 16.8. The van der Waals surface area contributed by atoms with Crippen LogP contribution in [0.15, 0.2) is 12.2 Å². The first-order valence-electron chi connectivity index (χ1n) is 13.6. The lowest BCUT2D eigenvalue weighted by Gasteiger charge is -2.35. The first-order valence-corrected chi connectivity index (χ1v) is 13.6. The Labute approximate surface area is 208 Å². The predicted molar refractivity (Wildman–Crippen MR) is 130 cm³/mol. The third-order valence-electron chi connectivity index (χ3n) is 9.25. The van der Waals surface area contributed by atoms with E-state index in [1.807, 2.05) is 19.1 Å². The van der Waals surface area contributed by atoms with Crippen LogP contribution in [0.5, 0.6) is 0 Å². The fourth-order valence-corrected chi connectivity index (χ4v) is 7.39. The quantitative estimate of drug-likeness (QED) is 0.537. The molecular weight excluding hydrogens is 446 g/mol. The summed E-state index contributed by atoms with van der Waals surface area (Å²) < 4.78 is 11.9. The van der Waals surface area contributed by atoms with Gasteiger partial charge in [0.2, 0.25) is 17.7 Å². The molecule has 5 aliphatic rings. The molecule has 194 valence electrons. The van der Waals surface area contributed by atoms with E-state index < -0.39 is 29.1 Å². The van der Waals surface area contributed by atoms with Crippen LogP contribution in [0.1, 0.15) is 71.6 Å². The number of fused-ring (bicyclic) bond motifs is 1. The maximum absolute atomic E-state index is 13.9. The highest BCUT2D eigenvalue weighted by atomic mass is 16.5. The third kappa shape index (κ3) is 4.10. The van der Waals surface area contributed by atoms with Crippen molar-refractivity contribution in [2.75, 3.05) is 20.3 Å². The van der Waals surface area contributed by atoms with E-state index >= 15 is 0 Å². The molecule has 0 radical (unpaired) electrons. The second-order valence-corrected chi connectivity index (χ2v) is 11.6. The first kappa shape index (κ1) is 24.8. The van der Waals surface area contributed by atoms with Crippen LogP contribution in [0.4, 0.5) is 0 Å². The smallest absolute Gasteiger partial charge is 0.246 e. The molecule has 0 unspecified atom stereocenters. The Morgan fingerprint density at radius 3 is 2.49 bits per heavy atom. The molecule has 3 heterocycles. The summed E-state index contributed by atoms with van der Waals surface area (Å²) in [7, 11) is 1.58. The van der Waals surface area contributed by atoms with Crippen molar-refractivity contribution in [3.63, 3.8) is 0 Å². The average molecular weight is 488 g/mol. The predicted octanol–water partition coefficient (Wildman–Crippen LogP) is 2.32.